The number of halogens is 5. The fourth-order valence-electron chi connectivity index (χ4n) is 3.49. The highest BCUT2D eigenvalue weighted by Gasteiger charge is 2.45. The van der Waals surface area contributed by atoms with Crippen molar-refractivity contribution < 1.29 is 36.3 Å². The van der Waals surface area contributed by atoms with Crippen LogP contribution in [-0.4, -0.2) is 71.7 Å². The number of likely N-dealkylation sites (tertiary alicyclic amines) is 1. The van der Waals surface area contributed by atoms with Gasteiger partial charge in [-0.2, -0.15) is 13.2 Å². The maximum Gasteiger partial charge on any atom is 0.448 e. The van der Waals surface area contributed by atoms with Crippen LogP contribution >= 0.6 is 0 Å². The number of amidine groups is 1. The van der Waals surface area contributed by atoms with Gasteiger partial charge in [0, 0.05) is 18.9 Å². The number of carbonyl (C=O) groups is 2. The lowest BCUT2D eigenvalue weighted by Gasteiger charge is -2.29. The minimum absolute atomic E-state index is 0.00508. The molecular formula is C23H32F5N5O3. The summed E-state index contributed by atoms with van der Waals surface area (Å²) < 4.78 is 73.8. The molecule has 1 saturated carbocycles. The number of alkyl halides is 4. The molecule has 2 aliphatic rings. The van der Waals surface area contributed by atoms with Gasteiger partial charge in [0.1, 0.15) is 29.8 Å². The van der Waals surface area contributed by atoms with E-state index in [-0.39, 0.29) is 23.9 Å². The third-order valence-electron chi connectivity index (χ3n) is 5.20. The van der Waals surface area contributed by atoms with Gasteiger partial charge in [-0.3, -0.25) is 19.7 Å². The monoisotopic (exact) mass is 521 g/mol. The molecule has 0 spiro atoms. The maximum absolute atomic E-state index is 14.4. The number of carbonyl (C=O) groups excluding carboxylic acids is 2. The van der Waals surface area contributed by atoms with E-state index in [2.05, 4.69) is 33.8 Å². The molecule has 0 aromatic rings. The Kier molecular flexibility index (Phi) is 9.24. The smallest absolute Gasteiger partial charge is 0.443 e. The van der Waals surface area contributed by atoms with Crippen molar-refractivity contribution in [1.82, 2.24) is 15.5 Å². The van der Waals surface area contributed by atoms with Crippen LogP contribution in [-0.2, 0) is 9.53 Å². The van der Waals surface area contributed by atoms with Crippen LogP contribution in [0.2, 0.25) is 0 Å². The summed E-state index contributed by atoms with van der Waals surface area (Å²) in [6, 6.07) is -1.44. The normalized spacial score (nSPS) is 22.4. The number of amides is 2. The van der Waals surface area contributed by atoms with Crippen LogP contribution in [0.5, 0.6) is 0 Å². The average molecular weight is 522 g/mol. The third kappa shape index (κ3) is 8.02. The maximum atomic E-state index is 14.4. The minimum atomic E-state index is -4.88. The van der Waals surface area contributed by atoms with Crippen molar-refractivity contribution in [2.75, 3.05) is 13.1 Å². The summed E-state index contributed by atoms with van der Waals surface area (Å²) in [6.07, 6.45) is -8.31. The van der Waals surface area contributed by atoms with Gasteiger partial charge in [0.2, 0.25) is 11.7 Å². The molecule has 0 aromatic carbocycles. The van der Waals surface area contributed by atoms with Crippen LogP contribution in [0.15, 0.2) is 34.7 Å². The molecule has 2 rings (SSSR count). The van der Waals surface area contributed by atoms with E-state index in [9.17, 15) is 31.5 Å². The van der Waals surface area contributed by atoms with Gasteiger partial charge in [0.25, 0.3) is 0 Å². The molecule has 0 bridgehead atoms. The number of allylic oxidation sites excluding steroid dienone is 2. The quantitative estimate of drug-likeness (QED) is 0.217. The molecule has 3 atom stereocenters. The predicted molar refractivity (Wildman–Crippen MR) is 125 cm³/mol. The Morgan fingerprint density at radius 3 is 2.28 bits per heavy atom. The summed E-state index contributed by atoms with van der Waals surface area (Å²) in [7, 11) is 0. The zero-order valence-corrected chi connectivity index (χ0v) is 20.7. The van der Waals surface area contributed by atoms with E-state index in [0.717, 1.165) is 4.90 Å². The number of nitrogens with one attached hydrogen (secondary N) is 2. The predicted octanol–water partition coefficient (Wildman–Crippen LogP) is 4.19. The molecule has 1 heterocycles. The molecule has 2 N–H and O–H groups in total. The first kappa shape index (κ1) is 29.2. The number of hydrogen-bond acceptors (Lipinski definition) is 5. The third-order valence-corrected chi connectivity index (χ3v) is 5.20. The number of nitrogens with zero attached hydrogens (tertiary/aromatic N) is 3. The summed E-state index contributed by atoms with van der Waals surface area (Å²) in [5, 5.41) is 4.41. The Bertz CT molecular complexity index is 937. The van der Waals surface area contributed by atoms with Crippen molar-refractivity contribution in [2.24, 2.45) is 15.9 Å². The second-order valence-corrected chi connectivity index (χ2v) is 9.49. The Morgan fingerprint density at radius 1 is 1.19 bits per heavy atom. The van der Waals surface area contributed by atoms with Crippen LogP contribution in [0.3, 0.4) is 0 Å². The SMILES string of the molecule is C=C(F)C(=NCC(NC(=O)[C@@H]1C[C@@H](F)C(=C)N1C(=O)OC(C)(C)C)NC(=NCC)C(F)(F)F)C1CC1. The molecule has 36 heavy (non-hydrogen) atoms. The van der Waals surface area contributed by atoms with Crippen molar-refractivity contribution in [3.8, 4) is 0 Å². The van der Waals surface area contributed by atoms with E-state index in [1.807, 2.05) is 0 Å². The number of ether oxygens (including phenoxy) is 1. The number of aliphatic imine (C=N–C) groups is 2. The zero-order valence-electron chi connectivity index (χ0n) is 20.7. The summed E-state index contributed by atoms with van der Waals surface area (Å²) >= 11 is 0. The topological polar surface area (TPSA) is 95.4 Å². The van der Waals surface area contributed by atoms with E-state index < -0.39 is 66.8 Å². The number of hydrogen-bond donors (Lipinski definition) is 2. The molecule has 1 saturated heterocycles. The molecule has 2 fully saturated rings. The molecule has 202 valence electrons. The molecule has 1 unspecified atom stereocenters. The van der Waals surface area contributed by atoms with Gasteiger partial charge < -0.3 is 15.4 Å². The Hall–Kier alpha value is -2.99. The highest BCUT2D eigenvalue weighted by atomic mass is 19.4. The molecule has 1 aliphatic heterocycles. The van der Waals surface area contributed by atoms with Crippen LogP contribution in [0, 0.1) is 5.92 Å². The van der Waals surface area contributed by atoms with E-state index in [1.165, 1.54) is 6.92 Å². The highest BCUT2D eigenvalue weighted by Crippen LogP contribution is 2.34. The molecule has 0 radical (unpaired) electrons. The second-order valence-electron chi connectivity index (χ2n) is 9.49. The van der Waals surface area contributed by atoms with Crippen LogP contribution in [0.1, 0.15) is 47.0 Å². The first-order chi connectivity index (χ1) is 16.5. The van der Waals surface area contributed by atoms with Crippen LogP contribution < -0.4 is 10.6 Å². The van der Waals surface area contributed by atoms with Gasteiger partial charge in [-0.15, -0.1) is 0 Å². The van der Waals surface area contributed by atoms with Crippen molar-refractivity contribution in [3.05, 3.63) is 24.7 Å². The van der Waals surface area contributed by atoms with Gasteiger partial charge in [-0.05, 0) is 40.5 Å². The van der Waals surface area contributed by atoms with Crippen LogP contribution in [0.25, 0.3) is 0 Å². The van der Waals surface area contributed by atoms with Gasteiger partial charge in [0.15, 0.2) is 0 Å². The number of rotatable bonds is 8. The highest BCUT2D eigenvalue weighted by molar-refractivity contribution is 6.01. The van der Waals surface area contributed by atoms with Crippen molar-refractivity contribution in [2.45, 2.75) is 77.1 Å². The summed E-state index contributed by atoms with van der Waals surface area (Å²) in [5.74, 6) is -3.36. The fraction of sp³-hybridized carbons (Fsp3) is 0.652. The van der Waals surface area contributed by atoms with E-state index >= 15 is 0 Å². The summed E-state index contributed by atoms with van der Waals surface area (Å²) in [6.45, 7) is 12.1. The first-order valence-corrected chi connectivity index (χ1v) is 11.5. The average Bonchev–Trinajstić information content (AvgIpc) is 3.50. The molecule has 2 amide bonds. The lowest BCUT2D eigenvalue weighted by Crippen LogP contribution is -2.57. The van der Waals surface area contributed by atoms with Crippen molar-refractivity contribution >= 4 is 23.5 Å². The Balaban J connectivity index is 2.31. The second kappa shape index (κ2) is 11.4. The Labute approximate surface area is 206 Å². The molecular weight excluding hydrogens is 489 g/mol. The molecule has 13 heteroatoms. The standard InChI is InChI=1S/C23H32F5N5O3/c1-7-29-20(23(26,27)28)32-17(11-30-18(12(2)24)14-8-9-14)31-19(34)16-10-15(25)13(3)33(16)21(35)36-22(4,5)6/h14-17H,2-3,7-11H2,1,4-6H3,(H,29,32)(H,31,34)/t15-,16+,17?/m1/s1. The van der Waals surface area contributed by atoms with Crippen molar-refractivity contribution in [3.63, 3.8) is 0 Å². The molecule has 1 aliphatic carbocycles. The lowest BCUT2D eigenvalue weighted by atomic mass is 10.2. The largest absolute Gasteiger partial charge is 0.448 e. The van der Waals surface area contributed by atoms with E-state index in [4.69, 9.17) is 4.74 Å². The lowest BCUT2D eigenvalue weighted by molar-refractivity contribution is -0.126. The van der Waals surface area contributed by atoms with Gasteiger partial charge >= 0.3 is 12.3 Å². The fourth-order valence-corrected chi connectivity index (χ4v) is 3.49. The summed E-state index contributed by atoms with van der Waals surface area (Å²) in [5.41, 5.74) is -1.26. The van der Waals surface area contributed by atoms with Gasteiger partial charge in [-0.1, -0.05) is 13.2 Å². The molecule has 8 nitrogen and oxygen atoms in total. The zero-order chi connectivity index (χ0) is 27.4. The minimum Gasteiger partial charge on any atom is -0.443 e. The van der Waals surface area contributed by atoms with Crippen LogP contribution in [0.4, 0.5) is 26.7 Å². The molecule has 0 aromatic heterocycles. The Morgan fingerprint density at radius 2 is 1.81 bits per heavy atom. The summed E-state index contributed by atoms with van der Waals surface area (Å²) in [4.78, 5) is 33.9. The van der Waals surface area contributed by atoms with E-state index in [1.54, 1.807) is 20.8 Å². The van der Waals surface area contributed by atoms with Gasteiger partial charge in [-0.25, -0.2) is 13.6 Å². The first-order valence-electron chi connectivity index (χ1n) is 11.5. The van der Waals surface area contributed by atoms with E-state index in [0.29, 0.717) is 12.8 Å². The van der Waals surface area contributed by atoms with Gasteiger partial charge in [0.05, 0.1) is 18.0 Å². The van der Waals surface area contributed by atoms with Crippen molar-refractivity contribution in [1.29, 1.82) is 0 Å².